The molecule has 0 aliphatic rings. The third kappa shape index (κ3) is 2.54. The summed E-state index contributed by atoms with van der Waals surface area (Å²) in [5, 5.41) is 2.65. The van der Waals surface area contributed by atoms with Gasteiger partial charge in [0, 0.05) is 17.3 Å². The predicted molar refractivity (Wildman–Crippen MR) is 80.0 cm³/mol. The smallest absolute Gasteiger partial charge is 0.117 e. The Kier molecular flexibility index (Phi) is 3.35. The molecule has 0 aliphatic heterocycles. The summed E-state index contributed by atoms with van der Waals surface area (Å²) in [4.78, 5) is 12.9. The lowest BCUT2D eigenvalue weighted by molar-refractivity contribution is 1.07. The van der Waals surface area contributed by atoms with E-state index in [-0.39, 0.29) is 0 Å². The first kappa shape index (κ1) is 12.4. The number of benzene rings is 1. The highest BCUT2D eigenvalue weighted by atomic mass is 79.9. The standard InChI is InChI=1S/C13H9BrN4S/c14-10-2-1-5-16-13(10)19-12-9-6-8(15)3-4-11(9)17-7-18-12/h1-7H,15H2. The molecule has 0 radical (unpaired) electrons. The lowest BCUT2D eigenvalue weighted by atomic mass is 10.2. The quantitative estimate of drug-likeness (QED) is 0.574. The third-order valence-electron chi connectivity index (χ3n) is 2.54. The predicted octanol–water partition coefficient (Wildman–Crippen LogP) is 3.52. The van der Waals surface area contributed by atoms with Gasteiger partial charge in [0.1, 0.15) is 16.4 Å². The number of rotatable bonds is 2. The monoisotopic (exact) mass is 332 g/mol. The topological polar surface area (TPSA) is 64.7 Å². The summed E-state index contributed by atoms with van der Waals surface area (Å²) in [7, 11) is 0. The molecule has 0 bridgehead atoms. The van der Waals surface area contributed by atoms with Crippen molar-refractivity contribution < 1.29 is 0 Å². The highest BCUT2D eigenvalue weighted by Gasteiger charge is 2.09. The maximum Gasteiger partial charge on any atom is 0.117 e. The van der Waals surface area contributed by atoms with E-state index in [1.807, 2.05) is 30.3 Å². The Hall–Kier alpha value is -1.66. The number of nitrogens with two attached hydrogens (primary N) is 1. The summed E-state index contributed by atoms with van der Waals surface area (Å²) in [6.07, 6.45) is 3.31. The molecule has 0 spiro atoms. The van der Waals surface area contributed by atoms with Crippen molar-refractivity contribution in [3.63, 3.8) is 0 Å². The first-order valence-electron chi connectivity index (χ1n) is 5.52. The number of hydrogen-bond acceptors (Lipinski definition) is 5. The van der Waals surface area contributed by atoms with Crippen LogP contribution in [-0.2, 0) is 0 Å². The van der Waals surface area contributed by atoms with Crippen LogP contribution in [0.3, 0.4) is 0 Å². The Labute approximate surface area is 122 Å². The van der Waals surface area contributed by atoms with Crippen molar-refractivity contribution in [2.24, 2.45) is 0 Å². The molecule has 2 heterocycles. The van der Waals surface area contributed by atoms with Crippen LogP contribution in [-0.4, -0.2) is 15.0 Å². The summed E-state index contributed by atoms with van der Waals surface area (Å²) in [6, 6.07) is 9.44. The zero-order valence-electron chi connectivity index (χ0n) is 9.75. The first-order chi connectivity index (χ1) is 9.24. The van der Waals surface area contributed by atoms with Crippen molar-refractivity contribution in [3.05, 3.63) is 47.3 Å². The molecule has 0 saturated heterocycles. The van der Waals surface area contributed by atoms with Crippen LogP contribution >= 0.6 is 27.7 Å². The molecule has 0 fully saturated rings. The van der Waals surface area contributed by atoms with Crippen molar-refractivity contribution in [1.82, 2.24) is 15.0 Å². The van der Waals surface area contributed by atoms with Crippen LogP contribution in [0, 0.1) is 0 Å². The number of pyridine rings is 1. The molecule has 2 N–H and O–H groups in total. The molecule has 6 heteroatoms. The number of aromatic nitrogens is 3. The van der Waals surface area contributed by atoms with Crippen molar-refractivity contribution >= 4 is 44.3 Å². The molecular weight excluding hydrogens is 324 g/mol. The van der Waals surface area contributed by atoms with E-state index in [1.54, 1.807) is 12.5 Å². The summed E-state index contributed by atoms with van der Waals surface area (Å²) < 4.78 is 0.940. The van der Waals surface area contributed by atoms with Crippen molar-refractivity contribution in [1.29, 1.82) is 0 Å². The van der Waals surface area contributed by atoms with E-state index in [4.69, 9.17) is 5.73 Å². The van der Waals surface area contributed by atoms with Gasteiger partial charge in [-0.2, -0.15) is 0 Å². The molecular formula is C13H9BrN4S. The fourth-order valence-electron chi connectivity index (χ4n) is 1.67. The highest BCUT2D eigenvalue weighted by molar-refractivity contribution is 9.10. The van der Waals surface area contributed by atoms with Gasteiger partial charge in [-0.25, -0.2) is 15.0 Å². The lowest BCUT2D eigenvalue weighted by Crippen LogP contribution is -1.91. The minimum atomic E-state index is 0.698. The molecule has 0 unspecified atom stereocenters. The average Bonchev–Trinajstić information content (AvgIpc) is 2.42. The molecule has 4 nitrogen and oxygen atoms in total. The Morgan fingerprint density at radius 1 is 1.05 bits per heavy atom. The second-order valence-corrected chi connectivity index (χ2v) is 5.68. The number of fused-ring (bicyclic) bond motifs is 1. The van der Waals surface area contributed by atoms with Gasteiger partial charge in [-0.1, -0.05) is 0 Å². The molecule has 3 aromatic rings. The van der Waals surface area contributed by atoms with E-state index in [0.717, 1.165) is 25.4 Å². The summed E-state index contributed by atoms with van der Waals surface area (Å²) in [6.45, 7) is 0. The van der Waals surface area contributed by atoms with Crippen molar-refractivity contribution in [2.45, 2.75) is 10.1 Å². The van der Waals surface area contributed by atoms with Crippen molar-refractivity contribution in [3.8, 4) is 0 Å². The fraction of sp³-hybridized carbons (Fsp3) is 0. The molecule has 3 rings (SSSR count). The maximum absolute atomic E-state index is 5.83. The fourth-order valence-corrected chi connectivity index (χ4v) is 3.00. The van der Waals surface area contributed by atoms with E-state index in [9.17, 15) is 0 Å². The largest absolute Gasteiger partial charge is 0.399 e. The summed E-state index contributed by atoms with van der Waals surface area (Å²) >= 11 is 4.97. The number of nitrogens with zero attached hydrogens (tertiary/aromatic N) is 3. The summed E-state index contributed by atoms with van der Waals surface area (Å²) in [5.41, 5.74) is 7.40. The second-order valence-electron chi connectivity index (χ2n) is 3.85. The zero-order chi connectivity index (χ0) is 13.2. The van der Waals surface area contributed by atoms with Crippen LogP contribution < -0.4 is 5.73 Å². The Bertz CT molecular complexity index is 748. The second kappa shape index (κ2) is 5.14. The third-order valence-corrected chi connectivity index (χ3v) is 4.48. The Balaban J connectivity index is 2.10. The normalized spacial score (nSPS) is 10.8. The van der Waals surface area contributed by atoms with Gasteiger partial charge in [0.05, 0.1) is 9.99 Å². The van der Waals surface area contributed by atoms with Gasteiger partial charge in [0.2, 0.25) is 0 Å². The summed E-state index contributed by atoms with van der Waals surface area (Å²) in [5.74, 6) is 0. The molecule has 1 aromatic carbocycles. The first-order valence-corrected chi connectivity index (χ1v) is 7.13. The number of anilines is 1. The maximum atomic E-state index is 5.83. The van der Waals surface area contributed by atoms with Gasteiger partial charge in [-0.05, 0) is 58.0 Å². The van der Waals surface area contributed by atoms with E-state index in [1.165, 1.54) is 11.8 Å². The van der Waals surface area contributed by atoms with E-state index in [2.05, 4.69) is 30.9 Å². The minimum Gasteiger partial charge on any atom is -0.399 e. The molecule has 2 aromatic heterocycles. The average molecular weight is 333 g/mol. The zero-order valence-corrected chi connectivity index (χ0v) is 12.1. The van der Waals surface area contributed by atoms with Gasteiger partial charge in [-0.3, -0.25) is 0 Å². The number of nitrogen functional groups attached to an aromatic ring is 1. The van der Waals surface area contributed by atoms with Crippen LogP contribution in [0.4, 0.5) is 5.69 Å². The lowest BCUT2D eigenvalue weighted by Gasteiger charge is -2.06. The van der Waals surface area contributed by atoms with Crippen molar-refractivity contribution in [2.75, 3.05) is 5.73 Å². The van der Waals surface area contributed by atoms with Gasteiger partial charge < -0.3 is 5.73 Å². The van der Waals surface area contributed by atoms with Crippen LogP contribution in [0.2, 0.25) is 0 Å². The number of hydrogen-bond donors (Lipinski definition) is 1. The molecule has 94 valence electrons. The van der Waals surface area contributed by atoms with E-state index in [0.29, 0.717) is 5.69 Å². The Morgan fingerprint density at radius 2 is 1.95 bits per heavy atom. The minimum absolute atomic E-state index is 0.698. The Morgan fingerprint density at radius 3 is 2.79 bits per heavy atom. The van der Waals surface area contributed by atoms with Crippen LogP contribution in [0.15, 0.2) is 57.4 Å². The van der Waals surface area contributed by atoms with Crippen LogP contribution in [0.25, 0.3) is 10.9 Å². The van der Waals surface area contributed by atoms with Gasteiger partial charge in [0.25, 0.3) is 0 Å². The van der Waals surface area contributed by atoms with Crippen LogP contribution in [0.1, 0.15) is 0 Å². The molecule has 0 amide bonds. The number of halogens is 1. The molecule has 0 saturated carbocycles. The van der Waals surface area contributed by atoms with Gasteiger partial charge >= 0.3 is 0 Å². The van der Waals surface area contributed by atoms with Gasteiger partial charge in [-0.15, -0.1) is 0 Å². The molecule has 19 heavy (non-hydrogen) atoms. The van der Waals surface area contributed by atoms with E-state index < -0.39 is 0 Å². The van der Waals surface area contributed by atoms with Crippen LogP contribution in [0.5, 0.6) is 0 Å². The van der Waals surface area contributed by atoms with Gasteiger partial charge in [0.15, 0.2) is 0 Å². The van der Waals surface area contributed by atoms with E-state index >= 15 is 0 Å². The SMILES string of the molecule is Nc1ccc2ncnc(Sc3ncccc3Br)c2c1. The molecule has 0 aliphatic carbocycles. The molecule has 0 atom stereocenters. The highest BCUT2D eigenvalue weighted by Crippen LogP contribution is 2.34.